The Morgan fingerprint density at radius 2 is 1.88 bits per heavy atom. The molecule has 132 valence electrons. The second kappa shape index (κ2) is 9.08. The van der Waals surface area contributed by atoms with Gasteiger partial charge in [-0.1, -0.05) is 23.7 Å². The summed E-state index contributed by atoms with van der Waals surface area (Å²) < 4.78 is 5.11. The number of amides is 1. The summed E-state index contributed by atoms with van der Waals surface area (Å²) in [6, 6.07) is 12.7. The van der Waals surface area contributed by atoms with Crippen LogP contribution in [0.3, 0.4) is 0 Å². The van der Waals surface area contributed by atoms with E-state index in [0.29, 0.717) is 22.9 Å². The van der Waals surface area contributed by atoms with Gasteiger partial charge in [-0.25, -0.2) is 4.79 Å². The Bertz CT molecular complexity index is 744. The predicted octanol–water partition coefficient (Wildman–Crippen LogP) is 4.07. The van der Waals surface area contributed by atoms with Gasteiger partial charge in [0.15, 0.2) is 6.61 Å². The topological polar surface area (TPSA) is 75.6 Å². The molecule has 0 aliphatic heterocycles. The van der Waals surface area contributed by atoms with E-state index in [1.54, 1.807) is 18.2 Å². The molecule has 0 heterocycles. The second-order valence-electron chi connectivity index (χ2n) is 5.69. The number of hydrogen-bond acceptors (Lipinski definition) is 3. The zero-order valence-corrected chi connectivity index (χ0v) is 14.7. The standard InChI is InChI=1S/C19H20ClNO4/c1-13-11-16(25-12-19(23)24)9-10-17(13)21-18(22)4-2-3-14-5-7-15(20)8-6-14/h5-11H,2-4,12H2,1H3,(H,21,22)(H,23,24). The fourth-order valence-electron chi connectivity index (χ4n) is 2.33. The van der Waals surface area contributed by atoms with Gasteiger partial charge in [0.05, 0.1) is 0 Å². The van der Waals surface area contributed by atoms with E-state index in [0.717, 1.165) is 24.0 Å². The zero-order valence-electron chi connectivity index (χ0n) is 13.9. The highest BCUT2D eigenvalue weighted by Gasteiger charge is 2.07. The maximum absolute atomic E-state index is 12.1. The van der Waals surface area contributed by atoms with E-state index < -0.39 is 12.6 Å². The number of hydrogen-bond donors (Lipinski definition) is 2. The van der Waals surface area contributed by atoms with Crippen molar-refractivity contribution in [2.75, 3.05) is 11.9 Å². The molecule has 2 N–H and O–H groups in total. The summed E-state index contributed by atoms with van der Waals surface area (Å²) >= 11 is 5.85. The third kappa shape index (κ3) is 6.47. The molecule has 0 atom stereocenters. The van der Waals surface area contributed by atoms with Gasteiger partial charge in [-0.05, 0) is 61.2 Å². The molecule has 2 aromatic carbocycles. The number of carbonyl (C=O) groups is 2. The minimum Gasteiger partial charge on any atom is -0.482 e. The molecule has 0 aliphatic carbocycles. The number of carboxylic acids is 1. The normalized spacial score (nSPS) is 10.3. The van der Waals surface area contributed by atoms with Crippen molar-refractivity contribution in [1.29, 1.82) is 0 Å². The molecule has 25 heavy (non-hydrogen) atoms. The van der Waals surface area contributed by atoms with Crippen LogP contribution in [-0.2, 0) is 16.0 Å². The number of carboxylic acid groups (broad SMARTS) is 1. The van der Waals surface area contributed by atoms with Crippen LogP contribution in [0, 0.1) is 6.92 Å². The van der Waals surface area contributed by atoms with E-state index in [1.807, 2.05) is 31.2 Å². The molecular weight excluding hydrogens is 342 g/mol. The Labute approximate surface area is 151 Å². The van der Waals surface area contributed by atoms with Gasteiger partial charge in [0.1, 0.15) is 5.75 Å². The lowest BCUT2D eigenvalue weighted by Crippen LogP contribution is -2.13. The SMILES string of the molecule is Cc1cc(OCC(=O)O)ccc1NC(=O)CCCc1ccc(Cl)cc1. The number of ether oxygens (including phenoxy) is 1. The number of halogens is 1. The molecule has 0 fully saturated rings. The first kappa shape index (κ1) is 18.8. The van der Waals surface area contributed by atoms with Crippen LogP contribution in [0.1, 0.15) is 24.0 Å². The number of carbonyl (C=O) groups excluding carboxylic acids is 1. The lowest BCUT2D eigenvalue weighted by atomic mass is 10.1. The number of benzene rings is 2. The van der Waals surface area contributed by atoms with Crippen LogP contribution in [0.15, 0.2) is 42.5 Å². The Balaban J connectivity index is 1.81. The van der Waals surface area contributed by atoms with Gasteiger partial charge in [0.2, 0.25) is 5.91 Å². The Morgan fingerprint density at radius 3 is 2.52 bits per heavy atom. The smallest absolute Gasteiger partial charge is 0.341 e. The zero-order chi connectivity index (χ0) is 18.2. The molecule has 0 spiro atoms. The van der Waals surface area contributed by atoms with Gasteiger partial charge >= 0.3 is 5.97 Å². The molecule has 5 nitrogen and oxygen atoms in total. The minimum atomic E-state index is -1.03. The summed E-state index contributed by atoms with van der Waals surface area (Å²) in [5, 5.41) is 12.2. The maximum Gasteiger partial charge on any atom is 0.341 e. The molecule has 0 radical (unpaired) electrons. The first-order valence-electron chi connectivity index (χ1n) is 7.93. The van der Waals surface area contributed by atoms with Crippen molar-refractivity contribution in [2.45, 2.75) is 26.2 Å². The Morgan fingerprint density at radius 1 is 1.16 bits per heavy atom. The summed E-state index contributed by atoms with van der Waals surface area (Å²) in [6.45, 7) is 1.44. The van der Waals surface area contributed by atoms with Gasteiger partial charge in [-0.2, -0.15) is 0 Å². The van der Waals surface area contributed by atoms with Crippen LogP contribution in [-0.4, -0.2) is 23.6 Å². The average Bonchev–Trinajstić information content (AvgIpc) is 2.57. The molecule has 2 aromatic rings. The number of anilines is 1. The second-order valence-corrected chi connectivity index (χ2v) is 6.12. The van der Waals surface area contributed by atoms with Crippen molar-refractivity contribution in [3.05, 3.63) is 58.6 Å². The number of aliphatic carboxylic acids is 1. The van der Waals surface area contributed by atoms with E-state index in [-0.39, 0.29) is 5.91 Å². The van der Waals surface area contributed by atoms with Gasteiger partial charge in [0, 0.05) is 17.1 Å². The highest BCUT2D eigenvalue weighted by atomic mass is 35.5. The van der Waals surface area contributed by atoms with Crippen molar-refractivity contribution < 1.29 is 19.4 Å². The van der Waals surface area contributed by atoms with Crippen molar-refractivity contribution in [1.82, 2.24) is 0 Å². The van der Waals surface area contributed by atoms with E-state index in [1.165, 1.54) is 0 Å². The first-order valence-corrected chi connectivity index (χ1v) is 8.31. The van der Waals surface area contributed by atoms with Crippen molar-refractivity contribution >= 4 is 29.2 Å². The van der Waals surface area contributed by atoms with Gasteiger partial charge in [-0.3, -0.25) is 4.79 Å². The van der Waals surface area contributed by atoms with Crippen LogP contribution in [0.5, 0.6) is 5.75 Å². The highest BCUT2D eigenvalue weighted by molar-refractivity contribution is 6.30. The summed E-state index contributed by atoms with van der Waals surface area (Å²) in [4.78, 5) is 22.6. The fourth-order valence-corrected chi connectivity index (χ4v) is 2.45. The van der Waals surface area contributed by atoms with Gasteiger partial charge in [0.25, 0.3) is 0 Å². The summed E-state index contributed by atoms with van der Waals surface area (Å²) in [7, 11) is 0. The van der Waals surface area contributed by atoms with Crippen LogP contribution < -0.4 is 10.1 Å². The van der Waals surface area contributed by atoms with E-state index in [4.69, 9.17) is 21.4 Å². The number of nitrogens with one attached hydrogen (secondary N) is 1. The van der Waals surface area contributed by atoms with Crippen LogP contribution in [0.2, 0.25) is 5.02 Å². The van der Waals surface area contributed by atoms with Crippen LogP contribution >= 0.6 is 11.6 Å². The number of aryl methyl sites for hydroxylation is 2. The van der Waals surface area contributed by atoms with E-state index in [9.17, 15) is 9.59 Å². The van der Waals surface area contributed by atoms with E-state index in [2.05, 4.69) is 5.32 Å². The molecule has 6 heteroatoms. The van der Waals surface area contributed by atoms with Crippen molar-refractivity contribution in [3.8, 4) is 5.75 Å². The lowest BCUT2D eigenvalue weighted by molar-refractivity contribution is -0.139. The quantitative estimate of drug-likeness (QED) is 0.743. The third-order valence-corrected chi connectivity index (χ3v) is 3.87. The first-order chi connectivity index (χ1) is 11.9. The van der Waals surface area contributed by atoms with Crippen LogP contribution in [0.25, 0.3) is 0 Å². The molecule has 0 bridgehead atoms. The lowest BCUT2D eigenvalue weighted by Gasteiger charge is -2.10. The van der Waals surface area contributed by atoms with Gasteiger partial charge < -0.3 is 15.2 Å². The third-order valence-electron chi connectivity index (χ3n) is 3.62. The van der Waals surface area contributed by atoms with Crippen molar-refractivity contribution in [2.24, 2.45) is 0 Å². The average molecular weight is 362 g/mol. The highest BCUT2D eigenvalue weighted by Crippen LogP contribution is 2.22. The number of rotatable bonds is 8. The largest absolute Gasteiger partial charge is 0.482 e. The molecule has 1 amide bonds. The van der Waals surface area contributed by atoms with Crippen molar-refractivity contribution in [3.63, 3.8) is 0 Å². The Kier molecular flexibility index (Phi) is 6.83. The molecule has 0 unspecified atom stereocenters. The monoisotopic (exact) mass is 361 g/mol. The molecule has 0 aromatic heterocycles. The van der Waals surface area contributed by atoms with Gasteiger partial charge in [-0.15, -0.1) is 0 Å². The molecule has 0 saturated heterocycles. The molecule has 2 rings (SSSR count). The predicted molar refractivity (Wildman–Crippen MR) is 97.3 cm³/mol. The summed E-state index contributed by atoms with van der Waals surface area (Å²) in [5.74, 6) is -0.632. The Hall–Kier alpha value is -2.53. The summed E-state index contributed by atoms with van der Waals surface area (Å²) in [5.41, 5.74) is 2.65. The maximum atomic E-state index is 12.1. The van der Waals surface area contributed by atoms with E-state index >= 15 is 0 Å². The fraction of sp³-hybridized carbons (Fsp3) is 0.263. The summed E-state index contributed by atoms with van der Waals surface area (Å²) in [6.07, 6.45) is 1.97. The minimum absolute atomic E-state index is 0.0590. The van der Waals surface area contributed by atoms with Crippen LogP contribution in [0.4, 0.5) is 5.69 Å². The molecule has 0 aliphatic rings. The molecule has 0 saturated carbocycles. The molecular formula is C19H20ClNO4.